The summed E-state index contributed by atoms with van der Waals surface area (Å²) in [5.74, 6) is -1.47. The Kier molecular flexibility index (Phi) is 6.72. The summed E-state index contributed by atoms with van der Waals surface area (Å²) in [6.45, 7) is 1.35. The Labute approximate surface area is 191 Å². The number of aliphatic carboxylic acids is 1. The Balaban J connectivity index is 1.49. The van der Waals surface area contributed by atoms with Crippen molar-refractivity contribution in [1.82, 2.24) is 5.06 Å². The zero-order valence-electron chi connectivity index (χ0n) is 18.1. The summed E-state index contributed by atoms with van der Waals surface area (Å²) in [6, 6.07) is 23.4. The zero-order valence-corrected chi connectivity index (χ0v) is 18.1. The number of hydrogen-bond acceptors (Lipinski definition) is 6. The van der Waals surface area contributed by atoms with Crippen molar-refractivity contribution in [2.24, 2.45) is 0 Å². The van der Waals surface area contributed by atoms with Crippen molar-refractivity contribution < 1.29 is 29.4 Å². The normalized spacial score (nSPS) is 14.3. The quantitative estimate of drug-likeness (QED) is 0.395. The van der Waals surface area contributed by atoms with E-state index in [1.165, 1.54) is 6.92 Å². The summed E-state index contributed by atoms with van der Waals surface area (Å²) in [5, 5.41) is 20.5. The SMILES string of the molecule is C[C@@H](O)[C@@H](C(=O)O)N(Cc1ccccc1)OC(=O)OCC1c2ccccc2-c2ccccc21. The Morgan fingerprint density at radius 3 is 2.00 bits per heavy atom. The molecule has 0 spiro atoms. The molecule has 7 heteroatoms. The largest absolute Gasteiger partial charge is 0.527 e. The van der Waals surface area contributed by atoms with Gasteiger partial charge in [-0.3, -0.25) is 4.79 Å². The van der Waals surface area contributed by atoms with Gasteiger partial charge < -0.3 is 19.8 Å². The van der Waals surface area contributed by atoms with E-state index in [0.717, 1.165) is 32.9 Å². The summed E-state index contributed by atoms with van der Waals surface area (Å²) < 4.78 is 5.44. The molecule has 33 heavy (non-hydrogen) atoms. The van der Waals surface area contributed by atoms with Crippen molar-refractivity contribution >= 4 is 12.1 Å². The number of hydrogen-bond donors (Lipinski definition) is 2. The highest BCUT2D eigenvalue weighted by Gasteiger charge is 2.35. The van der Waals surface area contributed by atoms with E-state index in [2.05, 4.69) is 0 Å². The van der Waals surface area contributed by atoms with Crippen molar-refractivity contribution in [2.45, 2.75) is 31.5 Å². The summed E-state index contributed by atoms with van der Waals surface area (Å²) in [7, 11) is 0. The molecule has 7 nitrogen and oxygen atoms in total. The molecule has 1 aliphatic rings. The van der Waals surface area contributed by atoms with Gasteiger partial charge in [0.25, 0.3) is 0 Å². The average molecular weight is 447 g/mol. The monoisotopic (exact) mass is 447 g/mol. The van der Waals surface area contributed by atoms with Crippen molar-refractivity contribution in [3.63, 3.8) is 0 Å². The van der Waals surface area contributed by atoms with Crippen LogP contribution >= 0.6 is 0 Å². The molecule has 0 aliphatic heterocycles. The molecule has 0 aromatic heterocycles. The topological polar surface area (TPSA) is 96.3 Å². The second-order valence-corrected chi connectivity index (χ2v) is 7.96. The molecule has 4 rings (SSSR count). The molecule has 0 fully saturated rings. The van der Waals surface area contributed by atoms with Gasteiger partial charge in [-0.25, -0.2) is 4.79 Å². The minimum atomic E-state index is -1.45. The molecule has 0 bridgehead atoms. The first-order valence-corrected chi connectivity index (χ1v) is 10.7. The Morgan fingerprint density at radius 2 is 1.45 bits per heavy atom. The minimum absolute atomic E-state index is 0.0209. The maximum absolute atomic E-state index is 12.6. The fourth-order valence-electron chi connectivity index (χ4n) is 4.23. The number of rotatable bonds is 8. The molecule has 0 amide bonds. The predicted octanol–water partition coefficient (Wildman–Crippen LogP) is 4.20. The van der Waals surface area contributed by atoms with Gasteiger partial charge in [-0.1, -0.05) is 78.9 Å². The van der Waals surface area contributed by atoms with Crippen LogP contribution in [-0.4, -0.2) is 46.2 Å². The van der Waals surface area contributed by atoms with Crippen molar-refractivity contribution in [3.8, 4) is 11.1 Å². The number of carbonyl (C=O) groups is 2. The predicted molar refractivity (Wildman–Crippen MR) is 121 cm³/mol. The Hall–Kier alpha value is -3.68. The van der Waals surface area contributed by atoms with Crippen LogP contribution in [0.3, 0.4) is 0 Å². The number of aliphatic hydroxyl groups is 1. The van der Waals surface area contributed by atoms with E-state index in [9.17, 15) is 19.8 Å². The third-order valence-corrected chi connectivity index (χ3v) is 5.72. The molecule has 170 valence electrons. The molecular formula is C26H25NO6. The maximum Gasteiger partial charge on any atom is 0.527 e. The number of hydroxylamine groups is 2. The number of aliphatic hydroxyl groups excluding tert-OH is 1. The summed E-state index contributed by atoms with van der Waals surface area (Å²) in [4.78, 5) is 29.7. The summed E-state index contributed by atoms with van der Waals surface area (Å²) in [5.41, 5.74) is 5.03. The molecule has 3 aromatic rings. The van der Waals surface area contributed by atoms with E-state index >= 15 is 0 Å². The highest BCUT2D eigenvalue weighted by atomic mass is 16.8. The van der Waals surface area contributed by atoms with E-state index in [1.54, 1.807) is 24.3 Å². The lowest BCUT2D eigenvalue weighted by Gasteiger charge is -2.28. The third-order valence-electron chi connectivity index (χ3n) is 5.72. The van der Waals surface area contributed by atoms with E-state index in [-0.39, 0.29) is 19.1 Å². The van der Waals surface area contributed by atoms with Crippen molar-refractivity contribution in [1.29, 1.82) is 0 Å². The molecule has 3 aromatic carbocycles. The van der Waals surface area contributed by atoms with Gasteiger partial charge in [-0.05, 0) is 34.7 Å². The number of nitrogens with zero attached hydrogens (tertiary/aromatic N) is 1. The smallest absolute Gasteiger partial charge is 0.480 e. The fraction of sp³-hybridized carbons (Fsp3) is 0.231. The van der Waals surface area contributed by atoms with Gasteiger partial charge in [0.15, 0.2) is 6.04 Å². The van der Waals surface area contributed by atoms with Crippen molar-refractivity contribution in [3.05, 3.63) is 95.6 Å². The summed E-state index contributed by atoms with van der Waals surface area (Å²) >= 11 is 0. The number of carboxylic acids is 1. The van der Waals surface area contributed by atoms with Gasteiger partial charge in [0, 0.05) is 5.92 Å². The molecule has 0 heterocycles. The van der Waals surface area contributed by atoms with Gasteiger partial charge in [0.2, 0.25) is 0 Å². The third kappa shape index (κ3) is 4.89. The fourth-order valence-corrected chi connectivity index (χ4v) is 4.23. The molecule has 2 N–H and O–H groups in total. The lowest BCUT2D eigenvalue weighted by atomic mass is 9.98. The first kappa shape index (κ1) is 22.5. The van der Waals surface area contributed by atoms with Crippen LogP contribution in [-0.2, 0) is 20.9 Å². The van der Waals surface area contributed by atoms with Crippen LogP contribution in [0.25, 0.3) is 11.1 Å². The zero-order chi connectivity index (χ0) is 23.4. The second-order valence-electron chi connectivity index (χ2n) is 7.96. The lowest BCUT2D eigenvalue weighted by molar-refractivity contribution is -0.195. The average Bonchev–Trinajstić information content (AvgIpc) is 3.11. The van der Waals surface area contributed by atoms with E-state index in [1.807, 2.05) is 54.6 Å². The van der Waals surface area contributed by atoms with Gasteiger partial charge >= 0.3 is 12.1 Å². The van der Waals surface area contributed by atoms with Gasteiger partial charge in [-0.2, -0.15) is 0 Å². The molecule has 0 saturated carbocycles. The number of fused-ring (bicyclic) bond motifs is 3. The first-order chi connectivity index (χ1) is 16.0. The minimum Gasteiger partial charge on any atom is -0.480 e. The highest BCUT2D eigenvalue weighted by molar-refractivity contribution is 5.79. The van der Waals surface area contributed by atoms with Crippen LogP contribution in [0.4, 0.5) is 4.79 Å². The maximum atomic E-state index is 12.6. The molecular weight excluding hydrogens is 422 g/mol. The Bertz CT molecular complexity index is 1080. The standard InChI is InChI=1S/C26H25NO6/c1-17(28)24(25(29)30)27(15-18-9-3-2-4-10-18)33-26(31)32-16-23-21-13-7-5-11-19(21)20-12-6-8-14-22(20)23/h2-14,17,23-24,28H,15-16H2,1H3,(H,29,30)/t17-,24+/m1/s1. The van der Waals surface area contributed by atoms with Gasteiger partial charge in [0.1, 0.15) is 6.61 Å². The summed E-state index contributed by atoms with van der Waals surface area (Å²) in [6.07, 6.45) is -2.31. The Morgan fingerprint density at radius 1 is 0.909 bits per heavy atom. The number of carbonyl (C=O) groups excluding carboxylic acids is 1. The van der Waals surface area contributed by atoms with Crippen LogP contribution in [0, 0.1) is 0 Å². The van der Waals surface area contributed by atoms with E-state index in [0.29, 0.717) is 0 Å². The second kappa shape index (κ2) is 9.85. The van der Waals surface area contributed by atoms with Crippen LogP contribution in [0.2, 0.25) is 0 Å². The lowest BCUT2D eigenvalue weighted by Crippen LogP contribution is -2.48. The van der Waals surface area contributed by atoms with Gasteiger partial charge in [0.05, 0.1) is 12.6 Å². The number of benzene rings is 3. The molecule has 0 unspecified atom stereocenters. The molecule has 1 aliphatic carbocycles. The first-order valence-electron chi connectivity index (χ1n) is 10.7. The van der Waals surface area contributed by atoms with Crippen LogP contribution in [0.1, 0.15) is 29.5 Å². The molecule has 0 saturated heterocycles. The molecule has 2 atom stereocenters. The van der Waals surface area contributed by atoms with Crippen molar-refractivity contribution in [2.75, 3.05) is 6.61 Å². The molecule has 0 radical (unpaired) electrons. The van der Waals surface area contributed by atoms with Crippen LogP contribution in [0.15, 0.2) is 78.9 Å². The number of ether oxygens (including phenoxy) is 1. The van der Waals surface area contributed by atoms with Crippen LogP contribution in [0.5, 0.6) is 0 Å². The van der Waals surface area contributed by atoms with E-state index < -0.39 is 24.3 Å². The number of carboxylic acid groups (broad SMARTS) is 1. The van der Waals surface area contributed by atoms with E-state index in [4.69, 9.17) is 9.57 Å². The highest BCUT2D eigenvalue weighted by Crippen LogP contribution is 2.44. The van der Waals surface area contributed by atoms with Gasteiger partial charge in [-0.15, -0.1) is 5.06 Å². The van der Waals surface area contributed by atoms with Crippen LogP contribution < -0.4 is 0 Å².